The summed E-state index contributed by atoms with van der Waals surface area (Å²) in [5.74, 6) is 2.69. The molecule has 16 heavy (non-hydrogen) atoms. The van der Waals surface area contributed by atoms with E-state index in [0.29, 0.717) is 6.04 Å². The molecule has 1 atom stereocenters. The predicted octanol–water partition coefficient (Wildman–Crippen LogP) is 3.37. The van der Waals surface area contributed by atoms with Gasteiger partial charge in [0.25, 0.3) is 0 Å². The molecule has 0 amide bonds. The molecular formula is C15H21N. The first-order valence-corrected chi connectivity index (χ1v) is 5.86. The largest absolute Gasteiger partial charge is 0.313 e. The van der Waals surface area contributed by atoms with Crippen LogP contribution in [0.15, 0.2) is 18.2 Å². The van der Waals surface area contributed by atoms with Crippen LogP contribution in [0.1, 0.15) is 42.0 Å². The van der Waals surface area contributed by atoms with Gasteiger partial charge in [-0.25, -0.2) is 0 Å². The van der Waals surface area contributed by atoms with Gasteiger partial charge >= 0.3 is 0 Å². The topological polar surface area (TPSA) is 12.0 Å². The number of hydrogen-bond acceptors (Lipinski definition) is 1. The molecule has 0 bridgehead atoms. The summed E-state index contributed by atoms with van der Waals surface area (Å²) in [6.45, 7) is 4.29. The third-order valence-corrected chi connectivity index (χ3v) is 2.81. The van der Waals surface area contributed by atoms with Gasteiger partial charge in [0, 0.05) is 12.5 Å². The number of aryl methyl sites for hydroxylation is 2. The predicted molar refractivity (Wildman–Crippen MR) is 70.4 cm³/mol. The van der Waals surface area contributed by atoms with Crippen LogP contribution in [0.3, 0.4) is 0 Å². The third kappa shape index (κ3) is 3.72. The van der Waals surface area contributed by atoms with E-state index in [4.69, 9.17) is 6.42 Å². The summed E-state index contributed by atoms with van der Waals surface area (Å²) in [4.78, 5) is 0. The Bertz CT molecular complexity index is 353. The Morgan fingerprint density at radius 1 is 1.25 bits per heavy atom. The van der Waals surface area contributed by atoms with Gasteiger partial charge in [-0.1, -0.05) is 29.3 Å². The fourth-order valence-electron chi connectivity index (χ4n) is 2.10. The summed E-state index contributed by atoms with van der Waals surface area (Å²) in [5, 5.41) is 3.36. The fourth-order valence-corrected chi connectivity index (χ4v) is 2.10. The van der Waals surface area contributed by atoms with Gasteiger partial charge in [-0.15, -0.1) is 12.3 Å². The molecule has 0 aliphatic heterocycles. The van der Waals surface area contributed by atoms with Crippen LogP contribution in [0.5, 0.6) is 0 Å². The van der Waals surface area contributed by atoms with Crippen LogP contribution in [0.2, 0.25) is 0 Å². The molecule has 1 nitrogen and oxygen atoms in total. The Labute approximate surface area is 99.3 Å². The highest BCUT2D eigenvalue weighted by Gasteiger charge is 2.09. The highest BCUT2D eigenvalue weighted by Crippen LogP contribution is 2.21. The molecule has 0 saturated carbocycles. The van der Waals surface area contributed by atoms with E-state index in [1.165, 1.54) is 16.7 Å². The number of unbranched alkanes of at least 4 members (excludes halogenated alkanes) is 1. The molecule has 0 radical (unpaired) electrons. The maximum absolute atomic E-state index is 5.27. The molecule has 0 saturated heterocycles. The second-order valence-corrected chi connectivity index (χ2v) is 4.36. The number of terminal acetylenes is 1. The van der Waals surface area contributed by atoms with Gasteiger partial charge in [0.2, 0.25) is 0 Å². The van der Waals surface area contributed by atoms with Gasteiger partial charge in [-0.3, -0.25) is 0 Å². The van der Waals surface area contributed by atoms with E-state index in [1.54, 1.807) is 0 Å². The zero-order valence-electron chi connectivity index (χ0n) is 10.5. The molecule has 0 aromatic heterocycles. The highest BCUT2D eigenvalue weighted by atomic mass is 14.9. The Hall–Kier alpha value is -1.26. The molecule has 86 valence electrons. The lowest BCUT2D eigenvalue weighted by atomic mass is 9.97. The molecule has 0 fully saturated rings. The first kappa shape index (κ1) is 12.8. The van der Waals surface area contributed by atoms with E-state index in [-0.39, 0.29) is 0 Å². The Balaban J connectivity index is 2.74. The summed E-state index contributed by atoms with van der Waals surface area (Å²) in [7, 11) is 2.01. The van der Waals surface area contributed by atoms with Crippen LogP contribution < -0.4 is 5.32 Å². The second kappa shape index (κ2) is 6.35. The first-order chi connectivity index (χ1) is 7.67. The minimum absolute atomic E-state index is 0.423. The van der Waals surface area contributed by atoms with E-state index in [1.807, 2.05) is 7.05 Å². The van der Waals surface area contributed by atoms with Gasteiger partial charge in [0.05, 0.1) is 0 Å². The van der Waals surface area contributed by atoms with Crippen molar-refractivity contribution in [2.75, 3.05) is 7.05 Å². The Morgan fingerprint density at radius 3 is 2.38 bits per heavy atom. The van der Waals surface area contributed by atoms with E-state index in [2.05, 4.69) is 43.3 Å². The molecule has 0 aliphatic rings. The van der Waals surface area contributed by atoms with Crippen LogP contribution in [0.25, 0.3) is 0 Å². The lowest BCUT2D eigenvalue weighted by Gasteiger charge is -2.17. The zero-order chi connectivity index (χ0) is 12.0. The SMILES string of the molecule is C#CCCCC(NC)c1cc(C)cc(C)c1. The zero-order valence-corrected chi connectivity index (χ0v) is 10.5. The number of benzene rings is 1. The van der Waals surface area contributed by atoms with Crippen molar-refractivity contribution in [3.05, 3.63) is 34.9 Å². The molecule has 1 aromatic rings. The Kier molecular flexibility index (Phi) is 5.08. The monoisotopic (exact) mass is 215 g/mol. The lowest BCUT2D eigenvalue weighted by Crippen LogP contribution is -2.16. The van der Waals surface area contributed by atoms with Crippen molar-refractivity contribution in [3.8, 4) is 12.3 Å². The molecular weight excluding hydrogens is 194 g/mol. The van der Waals surface area contributed by atoms with Crippen molar-refractivity contribution in [2.24, 2.45) is 0 Å². The van der Waals surface area contributed by atoms with Crippen LogP contribution in [-0.2, 0) is 0 Å². The van der Waals surface area contributed by atoms with Crippen LogP contribution in [-0.4, -0.2) is 7.05 Å². The van der Waals surface area contributed by atoms with Crippen molar-refractivity contribution >= 4 is 0 Å². The van der Waals surface area contributed by atoms with Gasteiger partial charge in [-0.2, -0.15) is 0 Å². The minimum Gasteiger partial charge on any atom is -0.313 e. The average Bonchev–Trinajstić information content (AvgIpc) is 2.23. The first-order valence-electron chi connectivity index (χ1n) is 5.86. The quantitative estimate of drug-likeness (QED) is 0.586. The van der Waals surface area contributed by atoms with Crippen LogP contribution in [0, 0.1) is 26.2 Å². The van der Waals surface area contributed by atoms with Crippen molar-refractivity contribution in [2.45, 2.75) is 39.2 Å². The molecule has 0 aliphatic carbocycles. The molecule has 1 rings (SSSR count). The summed E-state index contributed by atoms with van der Waals surface area (Å²) in [5.41, 5.74) is 4.02. The second-order valence-electron chi connectivity index (χ2n) is 4.36. The fraction of sp³-hybridized carbons (Fsp3) is 0.467. The van der Waals surface area contributed by atoms with Crippen molar-refractivity contribution in [3.63, 3.8) is 0 Å². The van der Waals surface area contributed by atoms with Gasteiger partial charge < -0.3 is 5.32 Å². The molecule has 1 heteroatoms. The van der Waals surface area contributed by atoms with Crippen molar-refractivity contribution in [1.82, 2.24) is 5.32 Å². The van der Waals surface area contributed by atoms with Crippen molar-refractivity contribution < 1.29 is 0 Å². The molecule has 1 aromatic carbocycles. The van der Waals surface area contributed by atoms with E-state index >= 15 is 0 Å². The lowest BCUT2D eigenvalue weighted by molar-refractivity contribution is 0.531. The summed E-state index contributed by atoms with van der Waals surface area (Å²) in [6.07, 6.45) is 8.32. The molecule has 0 spiro atoms. The average molecular weight is 215 g/mol. The van der Waals surface area contributed by atoms with Crippen LogP contribution in [0.4, 0.5) is 0 Å². The van der Waals surface area contributed by atoms with E-state index in [0.717, 1.165) is 19.3 Å². The number of hydrogen-bond donors (Lipinski definition) is 1. The third-order valence-electron chi connectivity index (χ3n) is 2.81. The maximum Gasteiger partial charge on any atom is 0.0318 e. The van der Waals surface area contributed by atoms with Gasteiger partial charge in [0.15, 0.2) is 0 Å². The standard InChI is InChI=1S/C15H21N/c1-5-6-7-8-15(16-4)14-10-12(2)9-13(3)11-14/h1,9-11,15-16H,6-8H2,2-4H3. The summed E-state index contributed by atoms with van der Waals surface area (Å²) < 4.78 is 0. The minimum atomic E-state index is 0.423. The normalized spacial score (nSPS) is 12.1. The van der Waals surface area contributed by atoms with E-state index < -0.39 is 0 Å². The maximum atomic E-state index is 5.27. The highest BCUT2D eigenvalue weighted by molar-refractivity contribution is 5.30. The van der Waals surface area contributed by atoms with Crippen molar-refractivity contribution in [1.29, 1.82) is 0 Å². The van der Waals surface area contributed by atoms with Gasteiger partial charge in [-0.05, 0) is 39.3 Å². The number of rotatable bonds is 5. The molecule has 0 heterocycles. The number of nitrogens with one attached hydrogen (secondary N) is 1. The summed E-state index contributed by atoms with van der Waals surface area (Å²) in [6, 6.07) is 7.14. The summed E-state index contributed by atoms with van der Waals surface area (Å²) >= 11 is 0. The molecule has 1 unspecified atom stereocenters. The van der Waals surface area contributed by atoms with Crippen LogP contribution >= 0.6 is 0 Å². The van der Waals surface area contributed by atoms with E-state index in [9.17, 15) is 0 Å². The Morgan fingerprint density at radius 2 is 1.88 bits per heavy atom. The smallest absolute Gasteiger partial charge is 0.0318 e. The van der Waals surface area contributed by atoms with Gasteiger partial charge in [0.1, 0.15) is 0 Å². The molecule has 1 N–H and O–H groups in total.